The van der Waals surface area contributed by atoms with Gasteiger partial charge in [-0.1, -0.05) is 0 Å². The van der Waals surface area contributed by atoms with Gasteiger partial charge in [0.05, 0.1) is 13.2 Å². The Labute approximate surface area is 111 Å². The highest BCUT2D eigenvalue weighted by atomic mass is 32.3. The van der Waals surface area contributed by atoms with Crippen molar-refractivity contribution in [1.29, 1.82) is 0 Å². The fourth-order valence-corrected chi connectivity index (χ4v) is 4.25. The van der Waals surface area contributed by atoms with Crippen LogP contribution in [0.15, 0.2) is 0 Å². The average Bonchev–Trinajstić information content (AvgIpc) is 2.11. The Morgan fingerprint density at radius 1 is 1.00 bits per heavy atom. The molecule has 110 valence electrons. The molecule has 7 nitrogen and oxygen atoms in total. The monoisotopic (exact) mass is 320 g/mol. The van der Waals surface area contributed by atoms with E-state index < -0.39 is 29.7 Å². The van der Waals surface area contributed by atoms with E-state index in [2.05, 4.69) is 8.37 Å². The van der Waals surface area contributed by atoms with Gasteiger partial charge in [0.25, 0.3) is 11.0 Å². The Morgan fingerprint density at radius 3 is 2.06 bits per heavy atom. The standard InChI is InChI=1S/C8H20O7S2Si/c1-18(2,3)15-17(11,12)14-8-6-4-5-7-13-16(9)10/h16H,4-8H2,1-3H3. The maximum absolute atomic E-state index is 11.3. The summed E-state index contributed by atoms with van der Waals surface area (Å²) in [5.41, 5.74) is 0. The third-order valence-corrected chi connectivity index (χ3v) is 5.23. The molecule has 0 spiro atoms. The SMILES string of the molecule is C[Si](C)(C)OS(=O)(=O)OCCCCCO[SH](=O)=O. The summed E-state index contributed by atoms with van der Waals surface area (Å²) in [5.74, 6) is 0. The highest BCUT2D eigenvalue weighted by Gasteiger charge is 2.24. The molecule has 0 atom stereocenters. The van der Waals surface area contributed by atoms with Gasteiger partial charge in [-0.25, -0.2) is 12.6 Å². The Bertz CT molecular complexity index is 388. The molecule has 0 aliphatic heterocycles. The summed E-state index contributed by atoms with van der Waals surface area (Å²) in [7, 11) is -8.90. The predicted octanol–water partition coefficient (Wildman–Crippen LogP) is 0.813. The fourth-order valence-electron chi connectivity index (χ4n) is 1.01. The van der Waals surface area contributed by atoms with Gasteiger partial charge in [-0.2, -0.15) is 8.42 Å². The van der Waals surface area contributed by atoms with Crippen LogP contribution in [0.2, 0.25) is 19.6 Å². The molecule has 0 unspecified atom stereocenters. The van der Waals surface area contributed by atoms with Gasteiger partial charge in [0.15, 0.2) is 0 Å². The molecule has 0 aromatic rings. The molecule has 10 heteroatoms. The minimum Gasteiger partial charge on any atom is -0.294 e. The Morgan fingerprint density at radius 2 is 1.56 bits per heavy atom. The van der Waals surface area contributed by atoms with Gasteiger partial charge in [0.1, 0.15) is 0 Å². The molecule has 0 heterocycles. The Hall–Kier alpha value is -0.00312. The second-order valence-electron chi connectivity index (χ2n) is 4.54. The molecule has 0 bridgehead atoms. The largest absolute Gasteiger partial charge is 0.390 e. The van der Waals surface area contributed by atoms with Gasteiger partial charge in [-0.15, -0.1) is 0 Å². The molecule has 0 fully saturated rings. The van der Waals surface area contributed by atoms with Crippen LogP contribution in [0.5, 0.6) is 0 Å². The van der Waals surface area contributed by atoms with Crippen molar-refractivity contribution in [2.24, 2.45) is 0 Å². The first-order valence-corrected chi connectivity index (χ1v) is 11.3. The van der Waals surface area contributed by atoms with E-state index >= 15 is 0 Å². The van der Waals surface area contributed by atoms with Crippen molar-refractivity contribution < 1.29 is 29.1 Å². The van der Waals surface area contributed by atoms with Crippen LogP contribution in [0.25, 0.3) is 0 Å². The van der Waals surface area contributed by atoms with Crippen molar-refractivity contribution in [1.82, 2.24) is 0 Å². The molecule has 0 saturated heterocycles. The van der Waals surface area contributed by atoms with E-state index in [1.807, 2.05) is 0 Å². The molecule has 0 saturated carbocycles. The van der Waals surface area contributed by atoms with E-state index in [-0.39, 0.29) is 13.2 Å². The molecule has 0 N–H and O–H groups in total. The van der Waals surface area contributed by atoms with Crippen molar-refractivity contribution in [3.05, 3.63) is 0 Å². The summed E-state index contributed by atoms with van der Waals surface area (Å²) < 4.78 is 56.6. The van der Waals surface area contributed by atoms with Crippen molar-refractivity contribution in [3.63, 3.8) is 0 Å². The molecule has 0 amide bonds. The third-order valence-electron chi connectivity index (χ3n) is 1.57. The predicted molar refractivity (Wildman–Crippen MR) is 69.4 cm³/mol. The normalized spacial score (nSPS) is 13.1. The lowest BCUT2D eigenvalue weighted by molar-refractivity contribution is 0.259. The van der Waals surface area contributed by atoms with Crippen LogP contribution >= 0.6 is 0 Å². The van der Waals surface area contributed by atoms with Crippen LogP contribution in [-0.4, -0.2) is 38.4 Å². The van der Waals surface area contributed by atoms with E-state index in [1.54, 1.807) is 19.6 Å². The molecule has 0 rings (SSSR count). The molecule has 0 aliphatic carbocycles. The van der Waals surface area contributed by atoms with E-state index in [4.69, 9.17) is 3.87 Å². The molecule has 0 aromatic carbocycles. The van der Waals surface area contributed by atoms with Crippen LogP contribution in [0.1, 0.15) is 19.3 Å². The summed E-state index contributed by atoms with van der Waals surface area (Å²) in [6.45, 7) is 5.37. The summed E-state index contributed by atoms with van der Waals surface area (Å²) in [6.07, 6.45) is 1.64. The lowest BCUT2D eigenvalue weighted by Crippen LogP contribution is -2.30. The quantitative estimate of drug-likeness (QED) is 0.361. The first kappa shape index (κ1) is 18.0. The van der Waals surface area contributed by atoms with Crippen LogP contribution in [-0.2, 0) is 33.6 Å². The smallest absolute Gasteiger partial charge is 0.294 e. The van der Waals surface area contributed by atoms with Gasteiger partial charge in [-0.05, 0) is 38.9 Å². The van der Waals surface area contributed by atoms with Crippen LogP contribution in [0.4, 0.5) is 0 Å². The average molecular weight is 320 g/mol. The number of hydrogen-bond acceptors (Lipinski definition) is 7. The molecular formula is C8H20O7S2Si. The second kappa shape index (κ2) is 8.22. The zero-order valence-electron chi connectivity index (χ0n) is 10.7. The molecule has 0 aliphatic rings. The summed E-state index contributed by atoms with van der Waals surface area (Å²) in [4.78, 5) is 0. The van der Waals surface area contributed by atoms with Crippen molar-refractivity contribution >= 4 is 29.7 Å². The van der Waals surface area contributed by atoms with Gasteiger partial charge in [-0.3, -0.25) is 8.06 Å². The molecular weight excluding hydrogens is 300 g/mol. The first-order valence-electron chi connectivity index (χ1n) is 5.50. The summed E-state index contributed by atoms with van der Waals surface area (Å²) in [6, 6.07) is 0. The summed E-state index contributed by atoms with van der Waals surface area (Å²) >= 11 is 0. The zero-order valence-corrected chi connectivity index (χ0v) is 13.5. The number of rotatable bonds is 10. The topological polar surface area (TPSA) is 96.0 Å². The molecule has 18 heavy (non-hydrogen) atoms. The maximum Gasteiger partial charge on any atom is 0.390 e. The van der Waals surface area contributed by atoms with E-state index in [1.165, 1.54) is 0 Å². The lowest BCUT2D eigenvalue weighted by atomic mass is 10.2. The third kappa shape index (κ3) is 12.5. The first-order chi connectivity index (χ1) is 8.12. The highest BCUT2D eigenvalue weighted by Crippen LogP contribution is 2.10. The van der Waals surface area contributed by atoms with E-state index in [0.29, 0.717) is 19.3 Å². The zero-order chi connectivity index (χ0) is 14.2. The molecule has 0 radical (unpaired) electrons. The fraction of sp³-hybridized carbons (Fsp3) is 1.00. The number of unbranched alkanes of at least 4 members (excludes halogenated alkanes) is 2. The van der Waals surface area contributed by atoms with Crippen LogP contribution < -0.4 is 0 Å². The van der Waals surface area contributed by atoms with E-state index in [9.17, 15) is 16.8 Å². The van der Waals surface area contributed by atoms with Crippen LogP contribution in [0, 0.1) is 0 Å². The lowest BCUT2D eigenvalue weighted by Gasteiger charge is -2.15. The van der Waals surface area contributed by atoms with Gasteiger partial charge in [0.2, 0.25) is 8.32 Å². The second-order valence-corrected chi connectivity index (χ2v) is 11.2. The van der Waals surface area contributed by atoms with Crippen molar-refractivity contribution in [2.45, 2.75) is 38.9 Å². The Balaban J connectivity index is 3.66. The minimum absolute atomic E-state index is 0.0241. The Kier molecular flexibility index (Phi) is 8.22. The minimum atomic E-state index is -3.91. The van der Waals surface area contributed by atoms with Crippen LogP contribution in [0.3, 0.4) is 0 Å². The van der Waals surface area contributed by atoms with Gasteiger partial charge >= 0.3 is 10.4 Å². The van der Waals surface area contributed by atoms with Gasteiger partial charge in [0, 0.05) is 0 Å². The maximum atomic E-state index is 11.3. The van der Waals surface area contributed by atoms with Crippen molar-refractivity contribution in [3.8, 4) is 0 Å². The number of thiol groups is 1. The highest BCUT2D eigenvalue weighted by molar-refractivity contribution is 7.83. The number of hydrogen-bond donors (Lipinski definition) is 1. The summed E-state index contributed by atoms with van der Waals surface area (Å²) in [5, 5.41) is 0. The van der Waals surface area contributed by atoms with Gasteiger partial charge < -0.3 is 0 Å². The molecule has 0 aromatic heterocycles. The van der Waals surface area contributed by atoms with Crippen molar-refractivity contribution in [2.75, 3.05) is 13.2 Å². The van der Waals surface area contributed by atoms with E-state index in [0.717, 1.165) is 0 Å².